The number of carbonyl (C=O) groups excluding carboxylic acids is 1. The van der Waals surface area contributed by atoms with Gasteiger partial charge in [0, 0.05) is 35.5 Å². The highest BCUT2D eigenvalue weighted by molar-refractivity contribution is 6.04. The van der Waals surface area contributed by atoms with Gasteiger partial charge in [0.05, 0.1) is 5.56 Å². The third kappa shape index (κ3) is 3.39. The molecule has 0 spiro atoms. The maximum atomic E-state index is 12.3. The van der Waals surface area contributed by atoms with Crippen molar-refractivity contribution in [2.75, 3.05) is 5.32 Å². The molecule has 0 saturated carbocycles. The Balaban J connectivity index is 1.66. The lowest BCUT2D eigenvalue weighted by Crippen LogP contribution is -2.13. The van der Waals surface area contributed by atoms with Crippen LogP contribution in [-0.2, 0) is 6.54 Å². The van der Waals surface area contributed by atoms with Gasteiger partial charge >= 0.3 is 0 Å². The van der Waals surface area contributed by atoms with Crippen LogP contribution in [0.3, 0.4) is 0 Å². The van der Waals surface area contributed by atoms with Gasteiger partial charge < -0.3 is 9.88 Å². The molecular formula is C21H15N5O. The quantitative estimate of drug-likeness (QED) is 0.607. The summed E-state index contributed by atoms with van der Waals surface area (Å²) in [4.78, 5) is 20.0. The first-order chi connectivity index (χ1) is 13.2. The third-order valence-corrected chi connectivity index (χ3v) is 4.27. The van der Waals surface area contributed by atoms with Gasteiger partial charge in [0.2, 0.25) is 0 Å². The number of nitriles is 1. The van der Waals surface area contributed by atoms with Crippen LogP contribution in [0, 0.1) is 11.3 Å². The number of fused-ring (bicyclic) bond motifs is 1. The highest BCUT2D eigenvalue weighted by Crippen LogP contribution is 2.25. The molecule has 0 fully saturated rings. The summed E-state index contributed by atoms with van der Waals surface area (Å²) >= 11 is 0. The van der Waals surface area contributed by atoms with Crippen molar-refractivity contribution in [3.8, 4) is 6.07 Å². The van der Waals surface area contributed by atoms with Crippen LogP contribution >= 0.6 is 0 Å². The Morgan fingerprint density at radius 2 is 2.00 bits per heavy atom. The van der Waals surface area contributed by atoms with Gasteiger partial charge in [-0.15, -0.1) is 0 Å². The van der Waals surface area contributed by atoms with Crippen LogP contribution in [0.1, 0.15) is 21.6 Å². The number of aromatic nitrogens is 3. The Morgan fingerprint density at radius 3 is 2.74 bits per heavy atom. The Morgan fingerprint density at radius 1 is 1.15 bits per heavy atom. The maximum absolute atomic E-state index is 12.3. The molecule has 0 aliphatic rings. The SMILES string of the molecule is N#Cc1cn(Cc2ccccc2)c2ccc(NC(=O)c3ccncn3)cc12. The van der Waals surface area contributed by atoms with Crippen LogP contribution in [0.5, 0.6) is 0 Å². The molecule has 1 N–H and O–H groups in total. The van der Waals surface area contributed by atoms with Crippen LogP contribution in [-0.4, -0.2) is 20.4 Å². The minimum atomic E-state index is -0.320. The molecule has 0 saturated heterocycles. The van der Waals surface area contributed by atoms with Crippen LogP contribution in [0.4, 0.5) is 5.69 Å². The molecule has 0 bridgehead atoms. The van der Waals surface area contributed by atoms with E-state index in [9.17, 15) is 10.1 Å². The highest BCUT2D eigenvalue weighted by atomic mass is 16.1. The van der Waals surface area contributed by atoms with Crippen molar-refractivity contribution < 1.29 is 4.79 Å². The van der Waals surface area contributed by atoms with E-state index in [1.54, 1.807) is 6.07 Å². The molecule has 0 aliphatic carbocycles. The summed E-state index contributed by atoms with van der Waals surface area (Å²) in [6.45, 7) is 0.672. The highest BCUT2D eigenvalue weighted by Gasteiger charge is 2.12. The van der Waals surface area contributed by atoms with E-state index in [1.807, 2.05) is 59.3 Å². The van der Waals surface area contributed by atoms with Gasteiger partial charge in [0.15, 0.2) is 0 Å². The van der Waals surface area contributed by atoms with Crippen molar-refractivity contribution in [2.45, 2.75) is 6.54 Å². The zero-order valence-electron chi connectivity index (χ0n) is 14.3. The minimum absolute atomic E-state index is 0.284. The Kier molecular flexibility index (Phi) is 4.33. The van der Waals surface area contributed by atoms with Crippen molar-refractivity contribution in [3.63, 3.8) is 0 Å². The van der Waals surface area contributed by atoms with Gasteiger partial charge in [0.25, 0.3) is 5.91 Å². The van der Waals surface area contributed by atoms with Gasteiger partial charge in [-0.3, -0.25) is 4.79 Å². The van der Waals surface area contributed by atoms with Crippen molar-refractivity contribution >= 4 is 22.5 Å². The van der Waals surface area contributed by atoms with Gasteiger partial charge in [-0.05, 0) is 29.8 Å². The van der Waals surface area contributed by atoms with Crippen LogP contribution in [0.2, 0.25) is 0 Å². The van der Waals surface area contributed by atoms with E-state index >= 15 is 0 Å². The number of hydrogen-bond donors (Lipinski definition) is 1. The van der Waals surface area contributed by atoms with E-state index in [4.69, 9.17) is 0 Å². The second kappa shape index (κ2) is 7.10. The molecular weight excluding hydrogens is 338 g/mol. The number of nitrogens with zero attached hydrogens (tertiary/aromatic N) is 4. The smallest absolute Gasteiger partial charge is 0.274 e. The van der Waals surface area contributed by atoms with E-state index in [0.29, 0.717) is 17.8 Å². The summed E-state index contributed by atoms with van der Waals surface area (Å²) in [5.74, 6) is -0.320. The Bertz CT molecular complexity index is 1140. The fourth-order valence-electron chi connectivity index (χ4n) is 3.00. The number of carbonyl (C=O) groups is 1. The molecule has 6 nitrogen and oxygen atoms in total. The molecule has 130 valence electrons. The summed E-state index contributed by atoms with van der Waals surface area (Å²) in [5, 5.41) is 13.1. The summed E-state index contributed by atoms with van der Waals surface area (Å²) in [6.07, 6.45) is 4.69. The Hall–Kier alpha value is -3.98. The number of benzene rings is 2. The maximum Gasteiger partial charge on any atom is 0.274 e. The zero-order valence-corrected chi connectivity index (χ0v) is 14.3. The minimum Gasteiger partial charge on any atom is -0.342 e. The first kappa shape index (κ1) is 16.5. The van der Waals surface area contributed by atoms with Gasteiger partial charge in [-0.1, -0.05) is 30.3 Å². The molecule has 0 atom stereocenters. The monoisotopic (exact) mass is 353 g/mol. The topological polar surface area (TPSA) is 83.6 Å². The molecule has 6 heteroatoms. The predicted molar refractivity (Wildman–Crippen MR) is 102 cm³/mol. The number of rotatable bonds is 4. The normalized spacial score (nSPS) is 10.5. The molecule has 4 rings (SSSR count). The molecule has 0 unspecified atom stereocenters. The first-order valence-corrected chi connectivity index (χ1v) is 8.39. The second-order valence-corrected chi connectivity index (χ2v) is 6.05. The number of hydrogen-bond acceptors (Lipinski definition) is 4. The average molecular weight is 353 g/mol. The second-order valence-electron chi connectivity index (χ2n) is 6.05. The molecule has 1 amide bonds. The molecule has 2 aromatic carbocycles. The van der Waals surface area contributed by atoms with Gasteiger partial charge in [-0.2, -0.15) is 5.26 Å². The third-order valence-electron chi connectivity index (χ3n) is 4.27. The van der Waals surface area contributed by atoms with E-state index in [-0.39, 0.29) is 11.6 Å². The molecule has 27 heavy (non-hydrogen) atoms. The summed E-state index contributed by atoms with van der Waals surface area (Å²) < 4.78 is 2.04. The fraction of sp³-hybridized carbons (Fsp3) is 0.0476. The van der Waals surface area contributed by atoms with Gasteiger partial charge in [0.1, 0.15) is 18.1 Å². The lowest BCUT2D eigenvalue weighted by atomic mass is 10.1. The zero-order chi connectivity index (χ0) is 18.6. The number of anilines is 1. The molecule has 0 aliphatic heterocycles. The summed E-state index contributed by atoms with van der Waals surface area (Å²) in [5.41, 5.74) is 3.56. The summed E-state index contributed by atoms with van der Waals surface area (Å²) in [7, 11) is 0. The molecule has 4 aromatic rings. The van der Waals surface area contributed by atoms with Crippen LogP contribution in [0.25, 0.3) is 10.9 Å². The first-order valence-electron chi connectivity index (χ1n) is 8.39. The van der Waals surface area contributed by atoms with Crippen molar-refractivity contribution in [1.82, 2.24) is 14.5 Å². The molecule has 2 heterocycles. The number of nitrogens with one attached hydrogen (secondary N) is 1. The standard InChI is InChI=1S/C21H15N5O/c22-11-16-13-26(12-15-4-2-1-3-5-15)20-7-6-17(10-18(16)20)25-21(27)19-8-9-23-14-24-19/h1-10,13-14H,12H2,(H,25,27). The molecule has 2 aromatic heterocycles. The lowest BCUT2D eigenvalue weighted by molar-refractivity contribution is 0.102. The Labute approximate surface area is 155 Å². The van der Waals surface area contributed by atoms with E-state index < -0.39 is 0 Å². The van der Waals surface area contributed by atoms with Crippen molar-refractivity contribution in [3.05, 3.63) is 90.1 Å². The van der Waals surface area contributed by atoms with E-state index in [1.165, 1.54) is 12.5 Å². The van der Waals surface area contributed by atoms with Crippen molar-refractivity contribution in [2.24, 2.45) is 0 Å². The number of amides is 1. The van der Waals surface area contributed by atoms with E-state index in [0.717, 1.165) is 16.5 Å². The van der Waals surface area contributed by atoms with Crippen LogP contribution < -0.4 is 5.32 Å². The van der Waals surface area contributed by atoms with Crippen LogP contribution in [0.15, 0.2) is 73.3 Å². The average Bonchev–Trinajstić information content (AvgIpc) is 3.06. The predicted octanol–water partition coefficient (Wildman–Crippen LogP) is 3.60. The van der Waals surface area contributed by atoms with E-state index in [2.05, 4.69) is 21.4 Å². The summed E-state index contributed by atoms with van der Waals surface area (Å²) in [6, 6.07) is 19.4. The largest absolute Gasteiger partial charge is 0.342 e. The van der Waals surface area contributed by atoms with Gasteiger partial charge in [-0.25, -0.2) is 9.97 Å². The lowest BCUT2D eigenvalue weighted by Gasteiger charge is -2.07. The molecule has 0 radical (unpaired) electrons. The fourth-order valence-corrected chi connectivity index (χ4v) is 3.00. The van der Waals surface area contributed by atoms with Crippen molar-refractivity contribution in [1.29, 1.82) is 5.26 Å².